The van der Waals surface area contributed by atoms with Gasteiger partial charge < -0.3 is 32.3 Å². The molecule has 41 heavy (non-hydrogen) atoms. The third-order valence-corrected chi connectivity index (χ3v) is 9.05. The van der Waals surface area contributed by atoms with Gasteiger partial charge in [-0.2, -0.15) is 0 Å². The number of hydrogen-bond acceptors (Lipinski definition) is 4. The molecule has 216 valence electrons. The molecular weight excluding hydrogens is 523 g/mol. The number of benzene rings is 2. The minimum absolute atomic E-state index is 0.00442. The predicted octanol–water partition coefficient (Wildman–Crippen LogP) is 3.71. The van der Waals surface area contributed by atoms with Gasteiger partial charge >= 0.3 is 0 Å². The second-order valence-corrected chi connectivity index (χ2v) is 11.4. The minimum atomic E-state index is -0.555. The fourth-order valence-electron chi connectivity index (χ4n) is 6.27. The number of fused-ring (bicyclic) bond motifs is 3. The van der Waals surface area contributed by atoms with Crippen LogP contribution in [0.5, 0.6) is 0 Å². The quantitative estimate of drug-likeness (QED) is 0.201. The van der Waals surface area contributed by atoms with Gasteiger partial charge in [-0.05, 0) is 80.3 Å². The van der Waals surface area contributed by atoms with Crippen LogP contribution < -0.4 is 27.4 Å². The molecule has 2 aromatic rings. The number of carbonyl (C=O) groups excluding carboxylic acids is 2. The number of nitrogens with zero attached hydrogens (tertiary/aromatic N) is 1. The van der Waals surface area contributed by atoms with Crippen LogP contribution in [0.15, 0.2) is 48.5 Å². The van der Waals surface area contributed by atoms with Crippen LogP contribution in [0.1, 0.15) is 56.1 Å². The lowest BCUT2D eigenvalue weighted by Crippen LogP contribution is -2.52. The smallest absolute Gasteiger partial charge is 0.230 e. The lowest BCUT2D eigenvalue weighted by molar-refractivity contribution is -0.144. The van der Waals surface area contributed by atoms with Crippen molar-refractivity contribution in [3.8, 4) is 0 Å². The number of anilines is 2. The molecule has 2 bridgehead atoms. The maximum absolute atomic E-state index is 14.5. The first-order valence-corrected chi connectivity index (χ1v) is 14.0. The molecule has 4 aliphatic rings. The van der Waals surface area contributed by atoms with Crippen molar-refractivity contribution in [2.45, 2.75) is 51.5 Å². The Hall–Kier alpha value is -4.41. The van der Waals surface area contributed by atoms with Gasteiger partial charge in [-0.15, -0.1) is 0 Å². The highest BCUT2D eigenvalue weighted by Crippen LogP contribution is 2.57. The third kappa shape index (κ3) is 5.89. The summed E-state index contributed by atoms with van der Waals surface area (Å²) in [5, 5.41) is 23.4. The SMILES string of the molecule is N=C(N)NCc1ccc(NC(=O)C23CCC(C(=O)Nc4ccc(C5=CCN(C(=N)N)CC5)cc4)(CC2)CC3)cc1F. The molecule has 10 nitrogen and oxygen atoms in total. The summed E-state index contributed by atoms with van der Waals surface area (Å²) in [7, 11) is 0. The molecule has 3 aliphatic carbocycles. The van der Waals surface area contributed by atoms with Crippen LogP contribution in [0.25, 0.3) is 5.57 Å². The van der Waals surface area contributed by atoms with Crippen LogP contribution in [0.2, 0.25) is 0 Å². The summed E-state index contributed by atoms with van der Waals surface area (Å²) in [5.41, 5.74) is 13.6. The molecule has 11 heteroatoms. The first kappa shape index (κ1) is 28.1. The molecule has 9 N–H and O–H groups in total. The standard InChI is InChI=1S/C30H37FN8O2/c31-24-17-23(6-3-21(24)18-36-27(32)33)38-26(41)30-12-9-29(10-13-30,11-14-30)25(40)37-22-4-1-19(2-5-22)20-7-15-39(16-8-20)28(34)35/h1-7,17H,8-16,18H2,(H3,34,35)(H,37,40)(H,38,41)(H4,32,33,36). The van der Waals surface area contributed by atoms with E-state index in [0.717, 1.165) is 17.7 Å². The maximum Gasteiger partial charge on any atom is 0.230 e. The lowest BCUT2D eigenvalue weighted by atomic mass is 9.53. The van der Waals surface area contributed by atoms with Crippen molar-refractivity contribution >= 4 is 40.7 Å². The fraction of sp³-hybridized carbons (Fsp3) is 0.400. The summed E-state index contributed by atoms with van der Waals surface area (Å²) in [6.45, 7) is 1.42. The largest absolute Gasteiger partial charge is 0.370 e. The van der Waals surface area contributed by atoms with Gasteiger partial charge in [-0.3, -0.25) is 20.4 Å². The topological polar surface area (TPSA) is 173 Å². The second kappa shape index (κ2) is 11.2. The zero-order valence-electron chi connectivity index (χ0n) is 23.0. The van der Waals surface area contributed by atoms with Crippen molar-refractivity contribution < 1.29 is 14.0 Å². The minimum Gasteiger partial charge on any atom is -0.370 e. The molecule has 0 saturated heterocycles. The molecule has 0 spiro atoms. The average molecular weight is 561 g/mol. The van der Waals surface area contributed by atoms with E-state index in [0.29, 0.717) is 62.9 Å². The normalized spacial score (nSPS) is 23.3. The monoisotopic (exact) mass is 560 g/mol. The van der Waals surface area contributed by atoms with E-state index in [4.69, 9.17) is 22.3 Å². The van der Waals surface area contributed by atoms with Crippen LogP contribution in [0.4, 0.5) is 15.8 Å². The first-order valence-electron chi connectivity index (χ1n) is 14.0. The molecule has 2 amide bonds. The number of hydrogen-bond donors (Lipinski definition) is 7. The van der Waals surface area contributed by atoms with Crippen molar-refractivity contribution in [2.24, 2.45) is 22.3 Å². The molecule has 0 radical (unpaired) electrons. The number of nitrogens with two attached hydrogens (primary N) is 2. The van der Waals surface area contributed by atoms with E-state index in [2.05, 4.69) is 22.0 Å². The van der Waals surface area contributed by atoms with Crippen molar-refractivity contribution in [1.29, 1.82) is 10.8 Å². The molecular formula is C30H37FN8O2. The molecule has 0 unspecified atom stereocenters. The summed E-state index contributed by atoms with van der Waals surface area (Å²) in [5.74, 6) is -0.763. The molecule has 3 saturated carbocycles. The Balaban J connectivity index is 1.16. The summed E-state index contributed by atoms with van der Waals surface area (Å²) < 4.78 is 14.5. The molecule has 0 atom stereocenters. The van der Waals surface area contributed by atoms with Gasteiger partial charge in [-0.1, -0.05) is 24.3 Å². The molecule has 0 aromatic heterocycles. The Kier molecular flexibility index (Phi) is 7.70. The Labute approximate surface area is 238 Å². The number of rotatable bonds is 7. The second-order valence-electron chi connectivity index (χ2n) is 11.4. The first-order chi connectivity index (χ1) is 19.6. The van der Waals surface area contributed by atoms with Crippen LogP contribution in [0, 0.1) is 27.5 Å². The van der Waals surface area contributed by atoms with Gasteiger partial charge in [0.1, 0.15) is 5.82 Å². The number of halogens is 1. The lowest BCUT2D eigenvalue weighted by Gasteiger charge is -2.51. The van der Waals surface area contributed by atoms with E-state index in [9.17, 15) is 14.0 Å². The van der Waals surface area contributed by atoms with E-state index in [-0.39, 0.29) is 30.3 Å². The number of guanidine groups is 2. The molecule has 3 fully saturated rings. The highest BCUT2D eigenvalue weighted by atomic mass is 19.1. The van der Waals surface area contributed by atoms with E-state index in [1.807, 2.05) is 29.2 Å². The van der Waals surface area contributed by atoms with E-state index >= 15 is 0 Å². The van der Waals surface area contributed by atoms with Gasteiger partial charge in [-0.25, -0.2) is 4.39 Å². The summed E-state index contributed by atoms with van der Waals surface area (Å²) in [6, 6.07) is 12.4. The predicted molar refractivity (Wildman–Crippen MR) is 158 cm³/mol. The highest BCUT2D eigenvalue weighted by Gasteiger charge is 2.55. The number of amides is 2. The van der Waals surface area contributed by atoms with Crippen LogP contribution in [0.3, 0.4) is 0 Å². The number of nitrogens with one attached hydrogen (secondary N) is 5. The van der Waals surface area contributed by atoms with Crippen LogP contribution in [-0.2, 0) is 16.1 Å². The number of carbonyl (C=O) groups is 2. The van der Waals surface area contributed by atoms with Crippen molar-refractivity contribution in [3.63, 3.8) is 0 Å². The maximum atomic E-state index is 14.5. The van der Waals surface area contributed by atoms with Crippen molar-refractivity contribution in [3.05, 3.63) is 65.5 Å². The van der Waals surface area contributed by atoms with E-state index in [1.54, 1.807) is 12.1 Å². The van der Waals surface area contributed by atoms with Crippen molar-refractivity contribution in [2.75, 3.05) is 23.7 Å². The zero-order chi connectivity index (χ0) is 29.2. The van der Waals surface area contributed by atoms with Gasteiger partial charge in [0.25, 0.3) is 0 Å². The fourth-order valence-corrected chi connectivity index (χ4v) is 6.27. The van der Waals surface area contributed by atoms with Gasteiger partial charge in [0.15, 0.2) is 11.9 Å². The Morgan fingerprint density at radius 1 is 0.878 bits per heavy atom. The van der Waals surface area contributed by atoms with E-state index < -0.39 is 16.6 Å². The highest BCUT2D eigenvalue weighted by molar-refractivity contribution is 5.98. The summed E-state index contributed by atoms with van der Waals surface area (Å²) >= 11 is 0. The van der Waals surface area contributed by atoms with Crippen LogP contribution >= 0.6 is 0 Å². The Bertz CT molecular complexity index is 1380. The average Bonchev–Trinajstić information content (AvgIpc) is 2.98. The summed E-state index contributed by atoms with van der Waals surface area (Å²) in [6.07, 6.45) is 6.63. The van der Waals surface area contributed by atoms with Gasteiger partial charge in [0.05, 0.1) is 0 Å². The van der Waals surface area contributed by atoms with E-state index in [1.165, 1.54) is 11.6 Å². The van der Waals surface area contributed by atoms with Crippen LogP contribution in [-0.4, -0.2) is 41.7 Å². The third-order valence-electron chi connectivity index (χ3n) is 9.05. The zero-order valence-corrected chi connectivity index (χ0v) is 23.0. The Morgan fingerprint density at radius 2 is 1.44 bits per heavy atom. The molecule has 6 rings (SSSR count). The molecule has 1 aliphatic heterocycles. The molecule has 1 heterocycles. The van der Waals surface area contributed by atoms with Gasteiger partial charge in [0.2, 0.25) is 11.8 Å². The molecule has 2 aromatic carbocycles. The van der Waals surface area contributed by atoms with Crippen molar-refractivity contribution in [1.82, 2.24) is 10.2 Å². The summed E-state index contributed by atoms with van der Waals surface area (Å²) in [4.78, 5) is 28.6. The Morgan fingerprint density at radius 3 is 1.93 bits per heavy atom. The van der Waals surface area contributed by atoms with Gasteiger partial charge in [0, 0.05) is 47.4 Å².